The Morgan fingerprint density at radius 2 is 2.14 bits per heavy atom. The maximum atomic E-state index is 12.4. The molecule has 2 heterocycles. The molecule has 21 heavy (non-hydrogen) atoms. The molecule has 1 amide bonds. The quantitative estimate of drug-likeness (QED) is 0.870. The van der Waals surface area contributed by atoms with Crippen molar-refractivity contribution in [2.75, 3.05) is 5.32 Å². The second-order valence-electron chi connectivity index (χ2n) is 4.49. The number of hydrogen-bond donors (Lipinski definition) is 1. The Bertz CT molecular complexity index is 621. The van der Waals surface area contributed by atoms with Crippen molar-refractivity contribution in [3.8, 4) is 0 Å². The average molecular weight is 370 g/mol. The predicted octanol–water partition coefficient (Wildman–Crippen LogP) is 3.81. The number of halogens is 2. The van der Waals surface area contributed by atoms with Gasteiger partial charge in [0.15, 0.2) is 5.82 Å². The van der Waals surface area contributed by atoms with Gasteiger partial charge in [0.05, 0.1) is 23.3 Å². The van der Waals surface area contributed by atoms with Crippen molar-refractivity contribution in [3.63, 3.8) is 0 Å². The molecule has 0 saturated heterocycles. The van der Waals surface area contributed by atoms with Gasteiger partial charge in [-0.05, 0) is 34.0 Å². The summed E-state index contributed by atoms with van der Waals surface area (Å²) in [7, 11) is 0. The fraction of sp³-hybridized carbons (Fsp3) is 0.286. The van der Waals surface area contributed by atoms with Gasteiger partial charge < -0.3 is 5.32 Å². The molecule has 0 aliphatic carbocycles. The van der Waals surface area contributed by atoms with Gasteiger partial charge in [-0.15, -0.1) is 0 Å². The summed E-state index contributed by atoms with van der Waals surface area (Å²) in [5.41, 5.74) is 0.798. The number of pyridine rings is 1. The van der Waals surface area contributed by atoms with E-state index in [0.717, 1.165) is 12.0 Å². The van der Waals surface area contributed by atoms with E-state index in [1.807, 2.05) is 6.92 Å². The number of aromatic nitrogens is 3. The summed E-state index contributed by atoms with van der Waals surface area (Å²) < 4.78 is 0.615. The molecule has 0 fully saturated rings. The molecule has 5 nitrogen and oxygen atoms in total. The largest absolute Gasteiger partial charge is 0.309 e. The molecular weight excluding hydrogens is 356 g/mol. The fourth-order valence-corrected chi connectivity index (χ4v) is 2.33. The number of carbonyl (C=O) groups is 1. The number of rotatable bonds is 5. The molecule has 0 saturated carbocycles. The first-order chi connectivity index (χ1) is 10.1. The smallest absolute Gasteiger partial charge is 0.233 e. The molecule has 1 unspecified atom stereocenters. The number of nitrogens with zero attached hydrogens (tertiary/aromatic N) is 3. The van der Waals surface area contributed by atoms with Gasteiger partial charge in [-0.1, -0.05) is 24.9 Å². The minimum Gasteiger partial charge on any atom is -0.309 e. The summed E-state index contributed by atoms with van der Waals surface area (Å²) in [4.78, 5) is 24.6. The van der Waals surface area contributed by atoms with Crippen LogP contribution in [0.4, 0.5) is 5.82 Å². The summed E-state index contributed by atoms with van der Waals surface area (Å²) in [6, 6.07) is 1.77. The monoisotopic (exact) mass is 368 g/mol. The second kappa shape index (κ2) is 7.47. The highest BCUT2D eigenvalue weighted by molar-refractivity contribution is 9.10. The van der Waals surface area contributed by atoms with Crippen LogP contribution in [0.15, 0.2) is 35.5 Å². The Hall–Kier alpha value is -1.53. The number of carbonyl (C=O) groups excluding carboxylic acids is 1. The van der Waals surface area contributed by atoms with E-state index in [2.05, 4.69) is 36.2 Å². The highest BCUT2D eigenvalue weighted by atomic mass is 79.9. The molecule has 2 aromatic heterocycles. The van der Waals surface area contributed by atoms with Crippen LogP contribution in [0, 0.1) is 0 Å². The molecule has 0 bridgehead atoms. The van der Waals surface area contributed by atoms with Crippen molar-refractivity contribution in [2.24, 2.45) is 0 Å². The third-order valence-electron chi connectivity index (χ3n) is 2.89. The van der Waals surface area contributed by atoms with E-state index >= 15 is 0 Å². The van der Waals surface area contributed by atoms with Crippen LogP contribution in [0.2, 0.25) is 5.02 Å². The third-order valence-corrected chi connectivity index (χ3v) is 3.51. The van der Waals surface area contributed by atoms with Crippen molar-refractivity contribution in [1.29, 1.82) is 0 Å². The summed E-state index contributed by atoms with van der Waals surface area (Å²) >= 11 is 9.15. The summed E-state index contributed by atoms with van der Waals surface area (Å²) in [6.45, 7) is 2.03. The average Bonchev–Trinajstić information content (AvgIpc) is 2.47. The highest BCUT2D eigenvalue weighted by Gasteiger charge is 2.21. The zero-order valence-corrected chi connectivity index (χ0v) is 13.7. The third kappa shape index (κ3) is 4.47. The lowest BCUT2D eigenvalue weighted by atomic mass is 9.95. The Labute approximate surface area is 136 Å². The standard InChI is InChI=1S/C14H14BrClN4O/c1-2-3-11(9-4-10(16)6-17-5-9)14(21)20-13-8-18-12(15)7-19-13/h4-8,11H,2-3H2,1H3,(H,19,20,21). The van der Waals surface area contributed by atoms with E-state index in [0.29, 0.717) is 21.9 Å². The van der Waals surface area contributed by atoms with Crippen LogP contribution in [0.5, 0.6) is 0 Å². The minimum absolute atomic E-state index is 0.141. The number of nitrogens with one attached hydrogen (secondary N) is 1. The van der Waals surface area contributed by atoms with Gasteiger partial charge in [0.25, 0.3) is 0 Å². The molecule has 0 radical (unpaired) electrons. The highest BCUT2D eigenvalue weighted by Crippen LogP contribution is 2.24. The van der Waals surface area contributed by atoms with Crippen LogP contribution in [0.25, 0.3) is 0 Å². The number of hydrogen-bond acceptors (Lipinski definition) is 4. The van der Waals surface area contributed by atoms with Gasteiger partial charge >= 0.3 is 0 Å². The van der Waals surface area contributed by atoms with Crippen LogP contribution in [-0.2, 0) is 4.79 Å². The van der Waals surface area contributed by atoms with Crippen LogP contribution in [-0.4, -0.2) is 20.9 Å². The molecule has 1 atom stereocenters. The molecule has 0 aliphatic rings. The first-order valence-corrected chi connectivity index (χ1v) is 7.66. The zero-order chi connectivity index (χ0) is 15.2. The molecule has 0 aromatic carbocycles. The summed E-state index contributed by atoms with van der Waals surface area (Å²) in [5.74, 6) is -0.0384. The Morgan fingerprint density at radius 3 is 2.76 bits per heavy atom. The molecule has 2 rings (SSSR count). The van der Waals surface area contributed by atoms with Gasteiger partial charge in [-0.2, -0.15) is 0 Å². The van der Waals surface area contributed by atoms with Crippen molar-refractivity contribution in [3.05, 3.63) is 46.0 Å². The van der Waals surface area contributed by atoms with E-state index in [-0.39, 0.29) is 11.8 Å². The van der Waals surface area contributed by atoms with Crippen molar-refractivity contribution in [2.45, 2.75) is 25.7 Å². The molecule has 110 valence electrons. The van der Waals surface area contributed by atoms with E-state index < -0.39 is 0 Å². The molecule has 7 heteroatoms. The van der Waals surface area contributed by atoms with Crippen LogP contribution in [0.3, 0.4) is 0 Å². The lowest BCUT2D eigenvalue weighted by Gasteiger charge is -2.16. The van der Waals surface area contributed by atoms with Crippen molar-refractivity contribution in [1.82, 2.24) is 15.0 Å². The zero-order valence-electron chi connectivity index (χ0n) is 11.4. The topological polar surface area (TPSA) is 67.8 Å². The molecule has 1 N–H and O–H groups in total. The second-order valence-corrected chi connectivity index (χ2v) is 5.74. The summed E-state index contributed by atoms with van der Waals surface area (Å²) in [5, 5.41) is 3.29. The van der Waals surface area contributed by atoms with Crippen LogP contribution in [0.1, 0.15) is 31.2 Å². The molecule has 0 spiro atoms. The van der Waals surface area contributed by atoms with Gasteiger partial charge in [-0.3, -0.25) is 9.78 Å². The maximum Gasteiger partial charge on any atom is 0.233 e. The Kier molecular flexibility index (Phi) is 5.64. The van der Waals surface area contributed by atoms with Gasteiger partial charge in [0, 0.05) is 12.4 Å². The van der Waals surface area contributed by atoms with E-state index in [1.54, 1.807) is 18.5 Å². The SMILES string of the molecule is CCCC(C(=O)Nc1cnc(Br)cn1)c1cncc(Cl)c1. The van der Waals surface area contributed by atoms with Crippen molar-refractivity contribution >= 4 is 39.3 Å². The van der Waals surface area contributed by atoms with E-state index in [9.17, 15) is 4.79 Å². The normalized spacial score (nSPS) is 12.0. The van der Waals surface area contributed by atoms with E-state index in [1.165, 1.54) is 12.4 Å². The molecular formula is C14H14BrClN4O. The Balaban J connectivity index is 2.17. The van der Waals surface area contributed by atoms with Gasteiger partial charge in [0.1, 0.15) is 4.60 Å². The number of anilines is 1. The lowest BCUT2D eigenvalue weighted by Crippen LogP contribution is -2.22. The van der Waals surface area contributed by atoms with Crippen molar-refractivity contribution < 1.29 is 4.79 Å². The van der Waals surface area contributed by atoms with Crippen LogP contribution < -0.4 is 5.32 Å². The minimum atomic E-state index is -0.313. The first-order valence-electron chi connectivity index (χ1n) is 6.49. The predicted molar refractivity (Wildman–Crippen MR) is 85.3 cm³/mol. The van der Waals surface area contributed by atoms with E-state index in [4.69, 9.17) is 11.6 Å². The van der Waals surface area contributed by atoms with Gasteiger partial charge in [0.2, 0.25) is 5.91 Å². The van der Waals surface area contributed by atoms with Gasteiger partial charge in [-0.25, -0.2) is 9.97 Å². The van der Waals surface area contributed by atoms with Crippen LogP contribution >= 0.6 is 27.5 Å². The lowest BCUT2D eigenvalue weighted by molar-refractivity contribution is -0.117. The first kappa shape index (κ1) is 15.9. The molecule has 2 aromatic rings. The fourth-order valence-electron chi connectivity index (χ4n) is 1.95. The molecule has 0 aliphatic heterocycles. The maximum absolute atomic E-state index is 12.4. The Morgan fingerprint density at radius 1 is 1.33 bits per heavy atom. The number of amides is 1. The summed E-state index contributed by atoms with van der Waals surface area (Å²) in [6.07, 6.45) is 7.83.